The van der Waals surface area contributed by atoms with Crippen LogP contribution in [0.2, 0.25) is 0 Å². The number of rotatable bonds is 7. The summed E-state index contributed by atoms with van der Waals surface area (Å²) >= 11 is 3.64. The molecule has 2 rings (SSSR count). The summed E-state index contributed by atoms with van der Waals surface area (Å²) < 4.78 is 3.50. The van der Waals surface area contributed by atoms with Crippen LogP contribution in [0.15, 0.2) is 34.9 Å². The van der Waals surface area contributed by atoms with Crippen LogP contribution in [-0.2, 0) is 6.54 Å². The average Bonchev–Trinajstić information content (AvgIpc) is 2.74. The van der Waals surface area contributed by atoms with Gasteiger partial charge in [0.1, 0.15) is 0 Å². The highest BCUT2D eigenvalue weighted by molar-refractivity contribution is 9.10. The van der Waals surface area contributed by atoms with Gasteiger partial charge in [-0.3, -0.25) is 0 Å². The number of hydrogen-bond donors (Lipinski definition) is 1. The van der Waals surface area contributed by atoms with Crippen molar-refractivity contribution in [2.45, 2.75) is 46.2 Å². The van der Waals surface area contributed by atoms with Crippen molar-refractivity contribution < 1.29 is 0 Å². The highest BCUT2D eigenvalue weighted by Gasteiger charge is 2.06. The zero-order valence-electron chi connectivity index (χ0n) is 12.7. The minimum atomic E-state index is 0.600. The third-order valence-corrected chi connectivity index (χ3v) is 4.39. The van der Waals surface area contributed by atoms with E-state index in [-0.39, 0.29) is 0 Å². The zero-order chi connectivity index (χ0) is 14.5. The van der Waals surface area contributed by atoms with E-state index >= 15 is 0 Å². The number of hydrogen-bond acceptors (Lipinski definition) is 1. The van der Waals surface area contributed by atoms with E-state index in [2.05, 4.69) is 77.0 Å². The van der Waals surface area contributed by atoms with Gasteiger partial charge < -0.3 is 9.88 Å². The number of halogens is 1. The van der Waals surface area contributed by atoms with E-state index < -0.39 is 0 Å². The molecule has 1 heterocycles. The lowest BCUT2D eigenvalue weighted by atomic mass is 10.0. The fraction of sp³-hybridized carbons (Fsp3) is 0.529. The fourth-order valence-corrected chi connectivity index (χ4v) is 3.09. The van der Waals surface area contributed by atoms with Gasteiger partial charge in [-0.1, -0.05) is 32.0 Å². The zero-order valence-corrected chi connectivity index (χ0v) is 14.3. The van der Waals surface area contributed by atoms with Crippen LogP contribution >= 0.6 is 15.9 Å². The smallest absolute Gasteiger partial charge is 0.0492 e. The van der Waals surface area contributed by atoms with Gasteiger partial charge in [-0.05, 0) is 47.7 Å². The summed E-state index contributed by atoms with van der Waals surface area (Å²) in [5.41, 5.74) is 1.30. The van der Waals surface area contributed by atoms with Gasteiger partial charge in [0.2, 0.25) is 0 Å². The first-order valence-electron chi connectivity index (χ1n) is 7.54. The molecule has 0 saturated heterocycles. The quantitative estimate of drug-likeness (QED) is 0.767. The first-order chi connectivity index (χ1) is 9.58. The van der Waals surface area contributed by atoms with Crippen LogP contribution < -0.4 is 5.32 Å². The van der Waals surface area contributed by atoms with Gasteiger partial charge in [-0.25, -0.2) is 0 Å². The lowest BCUT2D eigenvalue weighted by Gasteiger charge is -2.15. The molecular formula is C17H25BrN2. The number of para-hydroxylation sites is 1. The van der Waals surface area contributed by atoms with Crippen LogP contribution in [0.4, 0.5) is 0 Å². The van der Waals surface area contributed by atoms with Crippen LogP contribution in [0.5, 0.6) is 0 Å². The lowest BCUT2D eigenvalue weighted by molar-refractivity contribution is 0.443. The van der Waals surface area contributed by atoms with Crippen molar-refractivity contribution in [2.75, 3.05) is 6.54 Å². The largest absolute Gasteiger partial charge is 0.345 e. The Bertz CT molecular complexity index is 545. The molecule has 1 aromatic heterocycles. The lowest BCUT2D eigenvalue weighted by Crippen LogP contribution is -2.29. The Balaban J connectivity index is 1.87. The minimum Gasteiger partial charge on any atom is -0.345 e. The van der Waals surface area contributed by atoms with E-state index in [0.29, 0.717) is 6.04 Å². The Labute approximate surface area is 130 Å². The molecule has 110 valence electrons. The summed E-state index contributed by atoms with van der Waals surface area (Å²) in [6, 6.07) is 9.13. The molecule has 0 saturated carbocycles. The van der Waals surface area contributed by atoms with Crippen LogP contribution in [-0.4, -0.2) is 17.2 Å². The molecular weight excluding hydrogens is 312 g/mol. The van der Waals surface area contributed by atoms with E-state index in [1.165, 1.54) is 28.2 Å². The van der Waals surface area contributed by atoms with Gasteiger partial charge in [0.25, 0.3) is 0 Å². The molecule has 0 bridgehead atoms. The van der Waals surface area contributed by atoms with Gasteiger partial charge in [0.05, 0.1) is 0 Å². The van der Waals surface area contributed by atoms with Gasteiger partial charge >= 0.3 is 0 Å². The Morgan fingerprint density at radius 3 is 2.65 bits per heavy atom. The summed E-state index contributed by atoms with van der Waals surface area (Å²) in [4.78, 5) is 0. The molecule has 0 fully saturated rings. The molecule has 0 radical (unpaired) electrons. The SMILES string of the molecule is CC(C)CCC(C)NCCn1cc(Br)c2ccccc21. The van der Waals surface area contributed by atoms with E-state index in [4.69, 9.17) is 0 Å². The molecule has 0 amide bonds. The second-order valence-corrected chi connectivity index (χ2v) is 6.87. The molecule has 1 atom stereocenters. The second-order valence-electron chi connectivity index (χ2n) is 6.01. The molecule has 20 heavy (non-hydrogen) atoms. The maximum Gasteiger partial charge on any atom is 0.0492 e. The summed E-state index contributed by atoms with van der Waals surface area (Å²) in [6.07, 6.45) is 4.74. The first kappa shape index (κ1) is 15.6. The van der Waals surface area contributed by atoms with E-state index in [1.807, 2.05) is 0 Å². The Morgan fingerprint density at radius 2 is 1.90 bits per heavy atom. The molecule has 1 N–H and O–H groups in total. The predicted octanol–water partition coefficient (Wildman–Crippen LogP) is 4.82. The van der Waals surface area contributed by atoms with Crippen molar-refractivity contribution in [3.63, 3.8) is 0 Å². The molecule has 3 heteroatoms. The normalized spacial score (nSPS) is 13.2. The van der Waals surface area contributed by atoms with E-state index in [9.17, 15) is 0 Å². The number of aromatic nitrogens is 1. The topological polar surface area (TPSA) is 17.0 Å². The summed E-state index contributed by atoms with van der Waals surface area (Å²) in [6.45, 7) is 8.89. The number of benzene rings is 1. The number of nitrogens with zero attached hydrogens (tertiary/aromatic N) is 1. The monoisotopic (exact) mass is 336 g/mol. The van der Waals surface area contributed by atoms with Crippen LogP contribution in [0, 0.1) is 5.92 Å². The van der Waals surface area contributed by atoms with Gasteiger partial charge in [-0.15, -0.1) is 0 Å². The standard InChI is InChI=1S/C17H25BrN2/c1-13(2)8-9-14(3)19-10-11-20-12-16(18)15-6-4-5-7-17(15)20/h4-7,12-14,19H,8-11H2,1-3H3. The van der Waals surface area contributed by atoms with Gasteiger partial charge in [0.15, 0.2) is 0 Å². The molecule has 2 nitrogen and oxygen atoms in total. The van der Waals surface area contributed by atoms with Crippen molar-refractivity contribution in [1.29, 1.82) is 0 Å². The maximum absolute atomic E-state index is 3.64. The second kappa shape index (κ2) is 7.28. The molecule has 0 aliphatic carbocycles. The van der Waals surface area contributed by atoms with Gasteiger partial charge in [-0.2, -0.15) is 0 Å². The highest BCUT2D eigenvalue weighted by atomic mass is 79.9. The van der Waals surface area contributed by atoms with Crippen LogP contribution in [0.1, 0.15) is 33.6 Å². The fourth-order valence-electron chi connectivity index (χ4n) is 2.50. The van der Waals surface area contributed by atoms with Crippen molar-refractivity contribution >= 4 is 26.8 Å². The molecule has 1 unspecified atom stereocenters. The van der Waals surface area contributed by atoms with Crippen molar-refractivity contribution in [3.05, 3.63) is 34.9 Å². The third kappa shape index (κ3) is 4.10. The van der Waals surface area contributed by atoms with Crippen molar-refractivity contribution in [1.82, 2.24) is 9.88 Å². The number of fused-ring (bicyclic) bond motifs is 1. The predicted molar refractivity (Wildman–Crippen MR) is 91.2 cm³/mol. The molecule has 1 aromatic carbocycles. The van der Waals surface area contributed by atoms with Gasteiger partial charge in [0, 0.05) is 40.7 Å². The Kier molecular flexibility index (Phi) is 5.67. The summed E-state index contributed by atoms with van der Waals surface area (Å²) in [5.74, 6) is 0.795. The van der Waals surface area contributed by atoms with E-state index in [0.717, 1.165) is 19.0 Å². The molecule has 0 aliphatic heterocycles. The highest BCUT2D eigenvalue weighted by Crippen LogP contribution is 2.25. The Morgan fingerprint density at radius 1 is 1.15 bits per heavy atom. The Hall–Kier alpha value is -0.800. The summed E-state index contributed by atoms with van der Waals surface area (Å²) in [7, 11) is 0. The first-order valence-corrected chi connectivity index (χ1v) is 8.34. The maximum atomic E-state index is 3.64. The van der Waals surface area contributed by atoms with Crippen LogP contribution in [0.25, 0.3) is 10.9 Å². The van der Waals surface area contributed by atoms with Crippen molar-refractivity contribution in [3.8, 4) is 0 Å². The summed E-state index contributed by atoms with van der Waals surface area (Å²) in [5, 5.41) is 4.92. The van der Waals surface area contributed by atoms with E-state index in [1.54, 1.807) is 0 Å². The molecule has 0 spiro atoms. The van der Waals surface area contributed by atoms with Crippen LogP contribution in [0.3, 0.4) is 0 Å². The van der Waals surface area contributed by atoms with Crippen molar-refractivity contribution in [2.24, 2.45) is 5.92 Å². The number of nitrogens with one attached hydrogen (secondary N) is 1. The molecule has 2 aromatic rings. The minimum absolute atomic E-state index is 0.600. The third-order valence-electron chi connectivity index (χ3n) is 3.76. The molecule has 0 aliphatic rings. The average molecular weight is 337 g/mol.